The van der Waals surface area contributed by atoms with E-state index in [0.29, 0.717) is 36.2 Å². The van der Waals surface area contributed by atoms with Crippen LogP contribution in [0.3, 0.4) is 0 Å². The maximum atomic E-state index is 14.5. The Labute approximate surface area is 223 Å². The number of benzene rings is 2. The number of Topliss-reactive ketones (excluding diaryl/α,β-unsaturated/α-hetero) is 1. The van der Waals surface area contributed by atoms with Crippen molar-refractivity contribution in [3.05, 3.63) is 71.2 Å². The molecular weight excluding hydrogens is 477 g/mol. The minimum atomic E-state index is -0.640. The topological polar surface area (TPSA) is 61.4 Å². The van der Waals surface area contributed by atoms with E-state index in [2.05, 4.69) is 24.5 Å². The van der Waals surface area contributed by atoms with Crippen molar-refractivity contribution in [3.63, 3.8) is 0 Å². The number of carbonyl (C=O) groups excluding carboxylic acids is 2. The summed E-state index contributed by atoms with van der Waals surface area (Å²) in [4.78, 5) is 30.2. The summed E-state index contributed by atoms with van der Waals surface area (Å²) in [7, 11) is 0. The minimum Gasteiger partial charge on any atom is -0.357 e. The Bertz CT molecular complexity index is 1310. The number of carbonyl (C=O) groups is 2. The zero-order valence-electron chi connectivity index (χ0n) is 22.2. The van der Waals surface area contributed by atoms with E-state index in [0.717, 1.165) is 41.9 Å². The van der Waals surface area contributed by atoms with E-state index < -0.39 is 6.04 Å². The predicted octanol–water partition coefficient (Wildman–Crippen LogP) is 7.12. The highest BCUT2D eigenvalue weighted by Gasteiger charge is 2.53. The molecule has 1 atom stereocenters. The standard InChI is InChI=1S/C32H36FN3O2/c1-31(2)17-25-28(27(37)18-31)29(22-7-9-23(33)10-8-22)36(26-6-4-3-5-24(26)34-25)30(38)35-32-14-19-11-20(15-32)13-21(12-19)16-32/h3-10,19-21,29,34H,11-18H2,1-2H3,(H,35,38)/t19?,20?,21?,29-,32?/m0/s1. The molecule has 0 aromatic heterocycles. The number of urea groups is 1. The number of rotatable bonds is 2. The number of nitrogens with one attached hydrogen (secondary N) is 2. The van der Waals surface area contributed by atoms with Gasteiger partial charge in [0.05, 0.1) is 17.4 Å². The van der Waals surface area contributed by atoms with E-state index in [1.54, 1.807) is 17.0 Å². The Balaban J connectivity index is 1.36. The molecule has 0 saturated heterocycles. The van der Waals surface area contributed by atoms with Gasteiger partial charge in [-0.25, -0.2) is 9.18 Å². The average molecular weight is 514 g/mol. The van der Waals surface area contributed by atoms with Crippen molar-refractivity contribution in [1.29, 1.82) is 0 Å². The van der Waals surface area contributed by atoms with E-state index in [9.17, 15) is 14.0 Å². The van der Waals surface area contributed by atoms with Gasteiger partial charge in [-0.05, 0) is 97.9 Å². The molecule has 2 aromatic carbocycles. The number of hydrogen-bond donors (Lipinski definition) is 2. The summed E-state index contributed by atoms with van der Waals surface area (Å²) in [5.41, 5.74) is 3.41. The Kier molecular flexibility index (Phi) is 5.30. The molecule has 0 unspecified atom stereocenters. The number of nitrogens with zero attached hydrogens (tertiary/aromatic N) is 1. The molecule has 38 heavy (non-hydrogen) atoms. The van der Waals surface area contributed by atoms with Crippen LogP contribution in [0, 0.1) is 29.0 Å². The van der Waals surface area contributed by atoms with Gasteiger partial charge in [-0.15, -0.1) is 0 Å². The molecular formula is C32H36FN3O2. The van der Waals surface area contributed by atoms with E-state index in [-0.39, 0.29) is 28.6 Å². The lowest BCUT2D eigenvalue weighted by atomic mass is 9.53. The van der Waals surface area contributed by atoms with Crippen molar-refractivity contribution in [1.82, 2.24) is 5.32 Å². The second kappa shape index (κ2) is 8.42. The zero-order chi connectivity index (χ0) is 26.2. The molecule has 1 heterocycles. The molecule has 4 saturated carbocycles. The summed E-state index contributed by atoms with van der Waals surface area (Å²) < 4.78 is 14.0. The Morgan fingerprint density at radius 1 is 0.947 bits per heavy atom. The Hall–Kier alpha value is -3.15. The quantitative estimate of drug-likeness (QED) is 0.449. The molecule has 4 bridgehead atoms. The molecule has 198 valence electrons. The number of amides is 2. The summed E-state index contributed by atoms with van der Waals surface area (Å²) >= 11 is 0. The fourth-order valence-electron chi connectivity index (χ4n) is 8.72. The van der Waals surface area contributed by atoms with E-state index in [1.807, 2.05) is 24.3 Å². The van der Waals surface area contributed by atoms with Crippen LogP contribution in [0.4, 0.5) is 20.6 Å². The van der Waals surface area contributed by atoms with Crippen LogP contribution in [0.25, 0.3) is 0 Å². The molecule has 2 amide bonds. The summed E-state index contributed by atoms with van der Waals surface area (Å²) in [5.74, 6) is 1.80. The van der Waals surface area contributed by atoms with E-state index >= 15 is 0 Å². The first kappa shape index (κ1) is 23.9. The number of fused-ring (bicyclic) bond motifs is 1. The highest BCUT2D eigenvalue weighted by molar-refractivity contribution is 6.06. The molecule has 8 rings (SSSR count). The summed E-state index contributed by atoms with van der Waals surface area (Å²) in [6.45, 7) is 4.22. The number of para-hydroxylation sites is 2. The fraction of sp³-hybridized carbons (Fsp3) is 0.500. The lowest BCUT2D eigenvalue weighted by molar-refractivity contribution is -0.118. The second-order valence-electron chi connectivity index (χ2n) is 13.4. The lowest BCUT2D eigenvalue weighted by Crippen LogP contribution is -2.62. The van der Waals surface area contributed by atoms with E-state index in [1.165, 1.54) is 31.4 Å². The van der Waals surface area contributed by atoms with Gasteiger partial charge < -0.3 is 10.6 Å². The molecule has 1 aliphatic heterocycles. The fourth-order valence-corrected chi connectivity index (χ4v) is 8.72. The molecule has 2 N–H and O–H groups in total. The van der Waals surface area contributed by atoms with Crippen molar-refractivity contribution in [3.8, 4) is 0 Å². The van der Waals surface area contributed by atoms with Crippen molar-refractivity contribution in [2.45, 2.75) is 76.8 Å². The van der Waals surface area contributed by atoms with Crippen LogP contribution in [0.1, 0.15) is 76.8 Å². The van der Waals surface area contributed by atoms with Gasteiger partial charge in [0.25, 0.3) is 0 Å². The van der Waals surface area contributed by atoms with Crippen molar-refractivity contribution < 1.29 is 14.0 Å². The van der Waals surface area contributed by atoms with Crippen LogP contribution < -0.4 is 15.5 Å². The maximum absolute atomic E-state index is 14.5. The predicted molar refractivity (Wildman–Crippen MR) is 146 cm³/mol. The zero-order valence-corrected chi connectivity index (χ0v) is 22.2. The van der Waals surface area contributed by atoms with Crippen LogP contribution >= 0.6 is 0 Å². The summed E-state index contributed by atoms with van der Waals surface area (Å²) in [6, 6.07) is 13.3. The third-order valence-corrected chi connectivity index (χ3v) is 9.72. The van der Waals surface area contributed by atoms with Crippen molar-refractivity contribution in [2.75, 3.05) is 10.2 Å². The van der Waals surface area contributed by atoms with Crippen molar-refractivity contribution >= 4 is 23.2 Å². The first-order valence-electron chi connectivity index (χ1n) is 14.2. The largest absolute Gasteiger partial charge is 0.357 e. The molecule has 2 aromatic rings. The summed E-state index contributed by atoms with van der Waals surface area (Å²) in [6.07, 6.45) is 8.12. The molecule has 6 aliphatic rings. The Morgan fingerprint density at radius 2 is 1.58 bits per heavy atom. The highest BCUT2D eigenvalue weighted by atomic mass is 19.1. The SMILES string of the molecule is CC1(C)CC(=O)C2=C(C1)Nc1ccccc1N(C(=O)NC13CC4CC(CC(C4)C1)C3)[C@H]2c1ccc(F)cc1. The van der Waals surface area contributed by atoms with Crippen molar-refractivity contribution in [2.24, 2.45) is 23.2 Å². The second-order valence-corrected chi connectivity index (χ2v) is 13.4. The molecule has 6 heteroatoms. The van der Waals surface area contributed by atoms with Gasteiger partial charge in [-0.3, -0.25) is 9.69 Å². The third-order valence-electron chi connectivity index (χ3n) is 9.72. The van der Waals surface area contributed by atoms with Gasteiger partial charge in [0.1, 0.15) is 5.82 Å². The number of allylic oxidation sites excluding steroid dienone is 1. The smallest absolute Gasteiger partial charge is 0.323 e. The molecule has 4 fully saturated rings. The lowest BCUT2D eigenvalue weighted by Gasteiger charge is -2.57. The van der Waals surface area contributed by atoms with Gasteiger partial charge in [-0.1, -0.05) is 38.1 Å². The maximum Gasteiger partial charge on any atom is 0.323 e. The summed E-state index contributed by atoms with van der Waals surface area (Å²) in [5, 5.41) is 7.12. The van der Waals surface area contributed by atoms with Crippen LogP contribution in [-0.2, 0) is 4.79 Å². The first-order valence-corrected chi connectivity index (χ1v) is 14.2. The van der Waals surface area contributed by atoms with Gasteiger partial charge >= 0.3 is 6.03 Å². The molecule has 5 nitrogen and oxygen atoms in total. The highest BCUT2D eigenvalue weighted by Crippen LogP contribution is 2.56. The van der Waals surface area contributed by atoms with Gasteiger partial charge in [-0.2, -0.15) is 0 Å². The van der Waals surface area contributed by atoms with Crippen LogP contribution in [0.15, 0.2) is 59.8 Å². The minimum absolute atomic E-state index is 0.0403. The normalized spacial score (nSPS) is 32.8. The number of ketones is 1. The van der Waals surface area contributed by atoms with Crippen LogP contribution in [-0.4, -0.2) is 17.4 Å². The first-order chi connectivity index (χ1) is 18.2. The van der Waals surface area contributed by atoms with Gasteiger partial charge in [0.2, 0.25) is 0 Å². The van der Waals surface area contributed by atoms with Crippen LogP contribution in [0.2, 0.25) is 0 Å². The monoisotopic (exact) mass is 513 g/mol. The molecule has 0 spiro atoms. The average Bonchev–Trinajstić information content (AvgIpc) is 2.97. The number of anilines is 2. The van der Waals surface area contributed by atoms with Gasteiger partial charge in [0, 0.05) is 23.2 Å². The third kappa shape index (κ3) is 3.95. The van der Waals surface area contributed by atoms with E-state index in [4.69, 9.17) is 0 Å². The number of hydrogen-bond acceptors (Lipinski definition) is 3. The number of halogens is 1. The molecule has 0 radical (unpaired) electrons. The molecule has 5 aliphatic carbocycles. The van der Waals surface area contributed by atoms with Crippen LogP contribution in [0.5, 0.6) is 0 Å². The van der Waals surface area contributed by atoms with Gasteiger partial charge in [0.15, 0.2) is 5.78 Å². The Morgan fingerprint density at radius 3 is 2.24 bits per heavy atom.